The number of likely N-dealkylation sites (N-methyl/N-ethyl adjacent to an activating group) is 1. The van der Waals surface area contributed by atoms with E-state index in [2.05, 4.69) is 5.32 Å². The highest BCUT2D eigenvalue weighted by Gasteiger charge is 2.24. The summed E-state index contributed by atoms with van der Waals surface area (Å²) >= 11 is 0. The lowest BCUT2D eigenvalue weighted by atomic mass is 10.1. The number of hydrogen-bond donors (Lipinski definition) is 1. The molecule has 0 aliphatic heterocycles. The van der Waals surface area contributed by atoms with E-state index in [-0.39, 0.29) is 17.5 Å². The third-order valence-corrected chi connectivity index (χ3v) is 5.92. The number of rotatable bonds is 6. The molecule has 2 rings (SSSR count). The fourth-order valence-corrected chi connectivity index (χ4v) is 3.60. The smallest absolute Gasteiger partial charge is 0.243 e. The minimum absolute atomic E-state index is 0.181. The number of carbonyl (C=O) groups excluding carboxylic acids is 1. The summed E-state index contributed by atoms with van der Waals surface area (Å²) in [6, 6.07) is 8.20. The Bertz CT molecular complexity index is 871. The molecule has 1 heterocycles. The van der Waals surface area contributed by atoms with Gasteiger partial charge >= 0.3 is 0 Å². The summed E-state index contributed by atoms with van der Waals surface area (Å²) in [5, 5.41) is 2.75. The summed E-state index contributed by atoms with van der Waals surface area (Å²) in [5.41, 5.74) is 1.91. The largest absolute Gasteiger partial charge is 0.464 e. The van der Waals surface area contributed by atoms with E-state index >= 15 is 0 Å². The number of carbonyl (C=O) groups is 1. The molecule has 1 unspecified atom stereocenters. The van der Waals surface area contributed by atoms with Gasteiger partial charge in [0.25, 0.3) is 0 Å². The molecule has 1 atom stereocenters. The normalized spacial score (nSPS) is 13.0. The van der Waals surface area contributed by atoms with Crippen molar-refractivity contribution in [2.75, 3.05) is 13.6 Å². The van der Waals surface area contributed by atoms with E-state index in [4.69, 9.17) is 4.42 Å². The van der Waals surface area contributed by atoms with Crippen LogP contribution in [0, 0.1) is 20.8 Å². The van der Waals surface area contributed by atoms with Crippen LogP contribution in [-0.4, -0.2) is 32.2 Å². The quantitative estimate of drug-likeness (QED) is 0.855. The van der Waals surface area contributed by atoms with E-state index in [9.17, 15) is 13.2 Å². The van der Waals surface area contributed by atoms with Gasteiger partial charge in [0.1, 0.15) is 11.5 Å². The molecule has 0 aliphatic rings. The van der Waals surface area contributed by atoms with Gasteiger partial charge in [-0.25, -0.2) is 8.42 Å². The molecule has 1 aromatic heterocycles. The molecular formula is C18H24N2O4S. The molecule has 0 bridgehead atoms. The molecule has 0 radical (unpaired) electrons. The number of furan rings is 1. The predicted octanol–water partition coefficient (Wildman–Crippen LogP) is 2.70. The third-order valence-electron chi connectivity index (χ3n) is 4.12. The fraction of sp³-hybridized carbons (Fsp3) is 0.389. The van der Waals surface area contributed by atoms with Crippen LogP contribution in [0.25, 0.3) is 0 Å². The minimum atomic E-state index is -3.72. The summed E-state index contributed by atoms with van der Waals surface area (Å²) in [6.45, 7) is 7.12. The number of sulfonamides is 1. The van der Waals surface area contributed by atoms with Crippen LogP contribution in [0.15, 0.2) is 39.6 Å². The van der Waals surface area contributed by atoms with E-state index in [1.54, 1.807) is 31.2 Å². The molecule has 1 amide bonds. The van der Waals surface area contributed by atoms with Crippen LogP contribution in [0.3, 0.4) is 0 Å². The van der Waals surface area contributed by atoms with E-state index in [0.29, 0.717) is 5.76 Å². The van der Waals surface area contributed by atoms with Crippen LogP contribution < -0.4 is 5.32 Å². The van der Waals surface area contributed by atoms with Crippen molar-refractivity contribution in [3.63, 3.8) is 0 Å². The first-order valence-corrected chi connectivity index (χ1v) is 9.44. The Balaban J connectivity index is 2.05. The number of nitrogens with one attached hydrogen (secondary N) is 1. The number of benzene rings is 1. The first-order chi connectivity index (χ1) is 11.6. The topological polar surface area (TPSA) is 79.6 Å². The lowest BCUT2D eigenvalue weighted by Gasteiger charge is -2.19. The van der Waals surface area contributed by atoms with Crippen molar-refractivity contribution in [1.29, 1.82) is 0 Å². The van der Waals surface area contributed by atoms with Gasteiger partial charge in [-0.15, -0.1) is 0 Å². The molecule has 1 N–H and O–H groups in total. The molecule has 136 valence electrons. The molecule has 0 spiro atoms. The number of amides is 1. The van der Waals surface area contributed by atoms with E-state index in [1.165, 1.54) is 7.05 Å². The average molecular weight is 364 g/mol. The Hall–Kier alpha value is -2.12. The van der Waals surface area contributed by atoms with Crippen molar-refractivity contribution < 1.29 is 17.6 Å². The summed E-state index contributed by atoms with van der Waals surface area (Å²) in [4.78, 5) is 12.4. The summed E-state index contributed by atoms with van der Waals surface area (Å²) in [5.74, 6) is 0.993. The van der Waals surface area contributed by atoms with Crippen LogP contribution in [-0.2, 0) is 14.8 Å². The minimum Gasteiger partial charge on any atom is -0.464 e. The molecule has 6 nitrogen and oxygen atoms in total. The Labute approximate surface area is 148 Å². The number of aryl methyl sites for hydroxylation is 3. The van der Waals surface area contributed by atoms with Crippen LogP contribution >= 0.6 is 0 Å². The van der Waals surface area contributed by atoms with Crippen molar-refractivity contribution in [2.45, 2.75) is 38.6 Å². The van der Waals surface area contributed by atoms with Crippen molar-refractivity contribution in [3.05, 3.63) is 53.0 Å². The highest BCUT2D eigenvalue weighted by atomic mass is 32.2. The van der Waals surface area contributed by atoms with Crippen LogP contribution in [0.4, 0.5) is 0 Å². The van der Waals surface area contributed by atoms with Crippen molar-refractivity contribution >= 4 is 15.9 Å². The zero-order chi connectivity index (χ0) is 18.8. The predicted molar refractivity (Wildman–Crippen MR) is 95.7 cm³/mol. The first-order valence-electron chi connectivity index (χ1n) is 8.00. The van der Waals surface area contributed by atoms with Gasteiger partial charge in [-0.05, 0) is 63.1 Å². The summed E-state index contributed by atoms with van der Waals surface area (Å²) < 4.78 is 31.7. The molecule has 0 saturated carbocycles. The lowest BCUT2D eigenvalue weighted by Crippen LogP contribution is -2.39. The molecule has 0 fully saturated rings. The van der Waals surface area contributed by atoms with E-state index in [1.807, 2.05) is 26.8 Å². The second-order valence-corrected chi connectivity index (χ2v) is 8.29. The van der Waals surface area contributed by atoms with E-state index in [0.717, 1.165) is 21.2 Å². The molecule has 1 aromatic carbocycles. The number of hydrogen-bond acceptors (Lipinski definition) is 4. The van der Waals surface area contributed by atoms with Crippen molar-refractivity contribution in [3.8, 4) is 0 Å². The van der Waals surface area contributed by atoms with Crippen LogP contribution in [0.5, 0.6) is 0 Å². The molecule has 2 aromatic rings. The Morgan fingerprint density at radius 1 is 1.16 bits per heavy atom. The average Bonchev–Trinajstić information content (AvgIpc) is 2.96. The molecule has 7 heteroatoms. The maximum absolute atomic E-state index is 12.6. The Morgan fingerprint density at radius 2 is 1.84 bits per heavy atom. The zero-order valence-electron chi connectivity index (χ0n) is 15.2. The maximum Gasteiger partial charge on any atom is 0.243 e. The van der Waals surface area contributed by atoms with Gasteiger partial charge in [-0.3, -0.25) is 4.79 Å². The standard InChI is InChI=1S/C18H24N2O4S/c1-12-6-8-16(10-13(12)2)25(22,23)20(5)11-18(21)19-15(4)17-9-7-14(3)24-17/h6-10,15H,11H2,1-5H3,(H,19,21). The highest BCUT2D eigenvalue weighted by molar-refractivity contribution is 7.89. The van der Waals surface area contributed by atoms with Gasteiger partial charge in [0, 0.05) is 7.05 Å². The summed E-state index contributed by atoms with van der Waals surface area (Å²) in [7, 11) is -2.33. The number of nitrogens with zero attached hydrogens (tertiary/aromatic N) is 1. The second-order valence-electron chi connectivity index (χ2n) is 6.24. The first kappa shape index (κ1) is 19.2. The monoisotopic (exact) mass is 364 g/mol. The van der Waals surface area contributed by atoms with Crippen LogP contribution in [0.1, 0.15) is 35.6 Å². The SMILES string of the molecule is Cc1ccc(C(C)NC(=O)CN(C)S(=O)(=O)c2ccc(C)c(C)c2)o1. The van der Waals surface area contributed by atoms with E-state index < -0.39 is 15.9 Å². The molecule has 0 aliphatic carbocycles. The third kappa shape index (κ3) is 4.49. The second kappa shape index (κ2) is 7.41. The van der Waals surface area contributed by atoms with Gasteiger partial charge < -0.3 is 9.73 Å². The van der Waals surface area contributed by atoms with Gasteiger partial charge in [-0.2, -0.15) is 4.31 Å². The summed E-state index contributed by atoms with van der Waals surface area (Å²) in [6.07, 6.45) is 0. The Morgan fingerprint density at radius 3 is 2.40 bits per heavy atom. The van der Waals surface area contributed by atoms with Crippen molar-refractivity contribution in [1.82, 2.24) is 9.62 Å². The Kier molecular flexibility index (Phi) is 5.69. The maximum atomic E-state index is 12.6. The fourth-order valence-electron chi connectivity index (χ4n) is 2.39. The molecule has 0 saturated heterocycles. The van der Waals surface area contributed by atoms with Gasteiger partial charge in [0.05, 0.1) is 17.5 Å². The zero-order valence-corrected chi connectivity index (χ0v) is 16.0. The van der Waals surface area contributed by atoms with Crippen LogP contribution in [0.2, 0.25) is 0 Å². The highest BCUT2D eigenvalue weighted by Crippen LogP contribution is 2.19. The lowest BCUT2D eigenvalue weighted by molar-refractivity contribution is -0.121. The van der Waals surface area contributed by atoms with Gasteiger partial charge in [0.15, 0.2) is 0 Å². The van der Waals surface area contributed by atoms with Crippen molar-refractivity contribution in [2.24, 2.45) is 0 Å². The molecular weight excluding hydrogens is 340 g/mol. The van der Waals surface area contributed by atoms with Gasteiger partial charge in [0.2, 0.25) is 15.9 Å². The molecule has 25 heavy (non-hydrogen) atoms. The van der Waals surface area contributed by atoms with Gasteiger partial charge in [-0.1, -0.05) is 6.07 Å².